The number of nitrogens with zero attached hydrogens (tertiary/aromatic N) is 2. The van der Waals surface area contributed by atoms with Gasteiger partial charge in [-0.05, 0) is 12.3 Å². The summed E-state index contributed by atoms with van der Waals surface area (Å²) in [5.41, 5.74) is 6.04. The Morgan fingerprint density at radius 3 is 2.65 bits per heavy atom. The first kappa shape index (κ1) is 14.1. The molecule has 2 N–H and O–H groups in total. The number of hydrogen-bond acceptors (Lipinski definition) is 5. The third-order valence-corrected chi connectivity index (χ3v) is 3.12. The molecule has 0 aliphatic rings. The van der Waals surface area contributed by atoms with Crippen LogP contribution in [0.1, 0.15) is 63.9 Å². The van der Waals surface area contributed by atoms with E-state index in [1.807, 2.05) is 0 Å². The Hall–Kier alpha value is -0.940. The molecule has 5 heteroatoms. The first-order valence-electron chi connectivity index (χ1n) is 6.25. The van der Waals surface area contributed by atoms with Gasteiger partial charge in [-0.2, -0.15) is 4.98 Å². The molecule has 1 aromatic rings. The van der Waals surface area contributed by atoms with E-state index >= 15 is 0 Å². The van der Waals surface area contributed by atoms with Crippen molar-refractivity contribution < 1.29 is 9.26 Å². The molecule has 17 heavy (non-hydrogen) atoms. The molecule has 1 heterocycles. The molecule has 0 fully saturated rings. The van der Waals surface area contributed by atoms with Crippen LogP contribution in [0.3, 0.4) is 0 Å². The van der Waals surface area contributed by atoms with Gasteiger partial charge in [0, 0.05) is 7.11 Å². The summed E-state index contributed by atoms with van der Waals surface area (Å²) in [6.07, 6.45) is 2.79. The van der Waals surface area contributed by atoms with Crippen molar-refractivity contribution in [1.82, 2.24) is 10.1 Å². The molecular formula is C12H23N3O2. The molecule has 0 spiro atoms. The maximum atomic E-state index is 6.04. The Balaban J connectivity index is 2.76. The number of nitrogens with two attached hydrogens (primary N) is 1. The number of ether oxygens (including phenoxy) is 1. The van der Waals surface area contributed by atoms with Crippen molar-refractivity contribution in [2.24, 2.45) is 11.7 Å². The smallest absolute Gasteiger partial charge is 0.243 e. The molecule has 0 aromatic carbocycles. The summed E-state index contributed by atoms with van der Waals surface area (Å²) in [6.45, 7) is 6.27. The maximum Gasteiger partial charge on any atom is 0.243 e. The van der Waals surface area contributed by atoms with Gasteiger partial charge in [-0.3, -0.25) is 0 Å². The van der Waals surface area contributed by atoms with Gasteiger partial charge >= 0.3 is 0 Å². The van der Waals surface area contributed by atoms with Crippen LogP contribution in [0.4, 0.5) is 0 Å². The number of hydrogen-bond donors (Lipinski definition) is 1. The van der Waals surface area contributed by atoms with E-state index in [9.17, 15) is 0 Å². The molecule has 1 aromatic heterocycles. The third kappa shape index (κ3) is 3.51. The summed E-state index contributed by atoms with van der Waals surface area (Å²) in [4.78, 5) is 4.34. The van der Waals surface area contributed by atoms with Crippen LogP contribution in [0.15, 0.2) is 4.52 Å². The highest BCUT2D eigenvalue weighted by molar-refractivity contribution is 4.96. The van der Waals surface area contributed by atoms with E-state index in [4.69, 9.17) is 15.0 Å². The van der Waals surface area contributed by atoms with Gasteiger partial charge < -0.3 is 15.0 Å². The summed E-state index contributed by atoms with van der Waals surface area (Å²) in [5, 5.41) is 3.95. The number of aromatic nitrogens is 2. The second-order valence-electron chi connectivity index (χ2n) is 4.42. The molecule has 5 nitrogen and oxygen atoms in total. The highest BCUT2D eigenvalue weighted by atomic mass is 16.5. The summed E-state index contributed by atoms with van der Waals surface area (Å²) < 4.78 is 10.5. The second kappa shape index (κ2) is 6.71. The van der Waals surface area contributed by atoms with E-state index in [0.29, 0.717) is 17.6 Å². The summed E-state index contributed by atoms with van der Waals surface area (Å²) in [5.74, 6) is 1.44. The molecule has 0 aliphatic carbocycles. The minimum Gasteiger partial charge on any atom is -0.373 e. The second-order valence-corrected chi connectivity index (χ2v) is 4.42. The van der Waals surface area contributed by atoms with Crippen LogP contribution < -0.4 is 5.73 Å². The van der Waals surface area contributed by atoms with E-state index in [1.165, 1.54) is 0 Å². The van der Waals surface area contributed by atoms with Gasteiger partial charge in [-0.15, -0.1) is 0 Å². The van der Waals surface area contributed by atoms with Crippen molar-refractivity contribution in [3.05, 3.63) is 11.7 Å². The molecule has 1 rings (SSSR count). The lowest BCUT2D eigenvalue weighted by molar-refractivity contribution is 0.0854. The van der Waals surface area contributed by atoms with Crippen LogP contribution in [0.25, 0.3) is 0 Å². The molecule has 0 saturated carbocycles. The molecule has 0 aliphatic heterocycles. The maximum absolute atomic E-state index is 6.04. The Morgan fingerprint density at radius 2 is 2.12 bits per heavy atom. The summed E-state index contributed by atoms with van der Waals surface area (Å²) >= 11 is 0. The van der Waals surface area contributed by atoms with Gasteiger partial charge in [-0.25, -0.2) is 0 Å². The largest absolute Gasteiger partial charge is 0.373 e. The van der Waals surface area contributed by atoms with E-state index < -0.39 is 0 Å². The Kier molecular flexibility index (Phi) is 5.58. The van der Waals surface area contributed by atoms with Crippen LogP contribution >= 0.6 is 0 Å². The lowest BCUT2D eigenvalue weighted by Crippen LogP contribution is -2.19. The van der Waals surface area contributed by atoms with Crippen LogP contribution in [0.5, 0.6) is 0 Å². The minimum atomic E-state index is -0.194. The average Bonchev–Trinajstić information content (AvgIpc) is 2.83. The SMILES string of the molecule is CCCC(OC)c1noc([C@@H](N)[C@@H](C)CC)n1. The van der Waals surface area contributed by atoms with Crippen molar-refractivity contribution >= 4 is 0 Å². The number of methoxy groups -OCH3 is 1. The highest BCUT2D eigenvalue weighted by Gasteiger charge is 2.23. The van der Waals surface area contributed by atoms with Crippen molar-refractivity contribution in [1.29, 1.82) is 0 Å². The van der Waals surface area contributed by atoms with Crippen LogP contribution in [-0.4, -0.2) is 17.3 Å². The van der Waals surface area contributed by atoms with Gasteiger partial charge in [0.1, 0.15) is 6.10 Å². The average molecular weight is 241 g/mol. The number of rotatable bonds is 7. The van der Waals surface area contributed by atoms with Gasteiger partial charge in [0.15, 0.2) is 0 Å². The van der Waals surface area contributed by atoms with Crippen molar-refractivity contribution in [2.45, 2.75) is 52.2 Å². The zero-order chi connectivity index (χ0) is 12.8. The lowest BCUT2D eigenvalue weighted by atomic mass is 10.0. The van der Waals surface area contributed by atoms with E-state index in [2.05, 4.69) is 30.9 Å². The monoisotopic (exact) mass is 241 g/mol. The van der Waals surface area contributed by atoms with Crippen molar-refractivity contribution in [3.63, 3.8) is 0 Å². The Morgan fingerprint density at radius 1 is 1.41 bits per heavy atom. The standard InChI is InChI=1S/C12H23N3O2/c1-5-7-9(16-4)11-14-12(17-15-11)10(13)8(3)6-2/h8-10H,5-7,13H2,1-4H3/t8-,9?,10-/m0/s1. The first-order valence-corrected chi connectivity index (χ1v) is 6.25. The molecule has 3 atom stereocenters. The van der Waals surface area contributed by atoms with Crippen molar-refractivity contribution in [3.8, 4) is 0 Å². The lowest BCUT2D eigenvalue weighted by Gasteiger charge is -2.13. The molecule has 0 radical (unpaired) electrons. The highest BCUT2D eigenvalue weighted by Crippen LogP contribution is 2.24. The molecule has 0 saturated heterocycles. The van der Waals surface area contributed by atoms with Crippen LogP contribution in [0.2, 0.25) is 0 Å². The normalized spacial score (nSPS) is 16.8. The van der Waals surface area contributed by atoms with Gasteiger partial charge in [0.25, 0.3) is 0 Å². The Labute approximate surface area is 103 Å². The molecule has 98 valence electrons. The molecule has 0 bridgehead atoms. The topological polar surface area (TPSA) is 74.2 Å². The zero-order valence-electron chi connectivity index (χ0n) is 11.1. The quantitative estimate of drug-likeness (QED) is 0.794. The molecule has 1 unspecified atom stereocenters. The Bertz CT molecular complexity index is 311. The summed E-state index contributed by atoms with van der Waals surface area (Å²) in [6, 6.07) is -0.194. The van der Waals surface area contributed by atoms with Crippen LogP contribution in [0, 0.1) is 5.92 Å². The van der Waals surface area contributed by atoms with Gasteiger partial charge in [0.05, 0.1) is 6.04 Å². The van der Waals surface area contributed by atoms with E-state index in [0.717, 1.165) is 19.3 Å². The summed E-state index contributed by atoms with van der Waals surface area (Å²) in [7, 11) is 1.66. The fourth-order valence-electron chi connectivity index (χ4n) is 1.63. The van der Waals surface area contributed by atoms with E-state index in [1.54, 1.807) is 7.11 Å². The predicted molar refractivity (Wildman–Crippen MR) is 65.3 cm³/mol. The molecule has 0 amide bonds. The van der Waals surface area contributed by atoms with Crippen molar-refractivity contribution in [2.75, 3.05) is 7.11 Å². The fraction of sp³-hybridized carbons (Fsp3) is 0.833. The third-order valence-electron chi connectivity index (χ3n) is 3.12. The van der Waals surface area contributed by atoms with Crippen LogP contribution in [-0.2, 0) is 4.74 Å². The molecular weight excluding hydrogens is 218 g/mol. The first-order chi connectivity index (χ1) is 8.13. The van der Waals surface area contributed by atoms with Gasteiger partial charge in [-0.1, -0.05) is 38.8 Å². The minimum absolute atomic E-state index is 0.0957. The predicted octanol–water partition coefficient (Wildman–Crippen LogP) is 2.60. The van der Waals surface area contributed by atoms with Gasteiger partial charge in [0.2, 0.25) is 11.7 Å². The van der Waals surface area contributed by atoms with E-state index in [-0.39, 0.29) is 12.1 Å². The zero-order valence-corrected chi connectivity index (χ0v) is 11.1. The fourth-order valence-corrected chi connectivity index (χ4v) is 1.63.